The molecule has 4 aliphatic heterocycles. The Morgan fingerprint density at radius 3 is 2.64 bits per heavy atom. The van der Waals surface area contributed by atoms with Gasteiger partial charge in [-0.3, -0.25) is 4.90 Å². The number of methoxy groups -OCH3 is 1. The summed E-state index contributed by atoms with van der Waals surface area (Å²) < 4.78 is 58.4. The SMILES string of the molecule is COc1nc(-c2cc(N)cc3ccc(F)c(C)c23)c(F)c2nc(OC[C@@]34CCCN3C[C@H](F)C4)nc(N3CC4CCC(C3)N4)c12. The van der Waals surface area contributed by atoms with Crippen molar-refractivity contribution in [2.45, 2.75) is 62.8 Å². The molecule has 4 aromatic rings. The number of anilines is 2. The van der Waals surface area contributed by atoms with E-state index in [4.69, 9.17) is 20.2 Å². The largest absolute Gasteiger partial charge is 0.480 e. The molecule has 0 radical (unpaired) electrons. The summed E-state index contributed by atoms with van der Waals surface area (Å²) in [5, 5.41) is 5.13. The molecule has 12 heteroatoms. The summed E-state index contributed by atoms with van der Waals surface area (Å²) in [6.07, 6.45) is 3.37. The summed E-state index contributed by atoms with van der Waals surface area (Å²) in [7, 11) is 1.47. The zero-order chi connectivity index (χ0) is 31.0. The summed E-state index contributed by atoms with van der Waals surface area (Å²) in [4.78, 5) is 18.4. The number of aromatic nitrogens is 3. The van der Waals surface area contributed by atoms with E-state index in [0.717, 1.165) is 32.2 Å². The van der Waals surface area contributed by atoms with Crippen LogP contribution in [0.3, 0.4) is 0 Å². The van der Waals surface area contributed by atoms with Crippen LogP contribution in [0.25, 0.3) is 32.9 Å². The second-order valence-electron chi connectivity index (χ2n) is 13.1. The molecule has 9 nitrogen and oxygen atoms in total. The average Bonchev–Trinajstić information content (AvgIpc) is 3.67. The van der Waals surface area contributed by atoms with Crippen molar-refractivity contribution < 1.29 is 22.6 Å². The Balaban J connectivity index is 1.31. The maximum Gasteiger partial charge on any atom is 0.319 e. The molecular weight excluding hydrogens is 583 g/mol. The lowest BCUT2D eigenvalue weighted by atomic mass is 9.95. The number of piperazine rings is 1. The fraction of sp³-hybridized carbons (Fsp3) is 0.485. The molecule has 2 aromatic heterocycles. The molecule has 45 heavy (non-hydrogen) atoms. The lowest BCUT2D eigenvalue weighted by Gasteiger charge is -2.34. The number of fused-ring (bicyclic) bond motifs is 5. The summed E-state index contributed by atoms with van der Waals surface area (Å²) in [6, 6.07) is 6.89. The molecule has 4 atom stereocenters. The zero-order valence-electron chi connectivity index (χ0n) is 25.4. The maximum atomic E-state index is 17.0. The van der Waals surface area contributed by atoms with Gasteiger partial charge in [-0.2, -0.15) is 9.97 Å². The van der Waals surface area contributed by atoms with E-state index >= 15 is 4.39 Å². The number of pyridine rings is 1. The molecular formula is C33H36F3N7O2. The summed E-state index contributed by atoms with van der Waals surface area (Å²) in [5.41, 5.74) is 6.83. The summed E-state index contributed by atoms with van der Waals surface area (Å²) in [6.45, 7) is 4.43. The van der Waals surface area contributed by atoms with Crippen molar-refractivity contribution in [1.29, 1.82) is 0 Å². The van der Waals surface area contributed by atoms with Crippen LogP contribution in [-0.2, 0) is 0 Å². The molecule has 0 amide bonds. The van der Waals surface area contributed by atoms with Crippen molar-refractivity contribution in [3.05, 3.63) is 41.5 Å². The molecule has 4 saturated heterocycles. The van der Waals surface area contributed by atoms with Gasteiger partial charge in [-0.25, -0.2) is 18.2 Å². The van der Waals surface area contributed by atoms with Gasteiger partial charge in [-0.05, 0) is 73.7 Å². The van der Waals surface area contributed by atoms with Gasteiger partial charge in [-0.1, -0.05) is 6.07 Å². The molecule has 0 saturated carbocycles. The smallest absolute Gasteiger partial charge is 0.319 e. The first-order valence-electron chi connectivity index (χ1n) is 15.7. The van der Waals surface area contributed by atoms with Gasteiger partial charge < -0.3 is 25.4 Å². The van der Waals surface area contributed by atoms with E-state index in [-0.39, 0.29) is 41.8 Å². The van der Waals surface area contributed by atoms with E-state index in [1.165, 1.54) is 13.2 Å². The normalized spacial score (nSPS) is 26.2. The second kappa shape index (κ2) is 10.6. The number of hydrogen-bond donors (Lipinski definition) is 2. The van der Waals surface area contributed by atoms with Gasteiger partial charge in [0.15, 0.2) is 5.82 Å². The fourth-order valence-electron chi connectivity index (χ4n) is 8.17. The number of rotatable bonds is 6. The minimum Gasteiger partial charge on any atom is -0.480 e. The van der Waals surface area contributed by atoms with Crippen LogP contribution in [0.1, 0.15) is 37.7 Å². The molecule has 2 aromatic carbocycles. The highest BCUT2D eigenvalue weighted by Gasteiger charge is 2.49. The molecule has 4 fully saturated rings. The average molecular weight is 620 g/mol. The Bertz CT molecular complexity index is 1830. The number of nitrogens with zero attached hydrogens (tertiary/aromatic N) is 5. The van der Waals surface area contributed by atoms with Crippen molar-refractivity contribution in [3.8, 4) is 23.1 Å². The first-order chi connectivity index (χ1) is 21.7. The van der Waals surface area contributed by atoms with E-state index < -0.39 is 23.3 Å². The van der Waals surface area contributed by atoms with Gasteiger partial charge in [0.25, 0.3) is 0 Å². The minimum atomic E-state index is -0.907. The van der Waals surface area contributed by atoms with Crippen LogP contribution in [0.15, 0.2) is 24.3 Å². The molecule has 6 heterocycles. The van der Waals surface area contributed by atoms with Gasteiger partial charge >= 0.3 is 6.01 Å². The van der Waals surface area contributed by atoms with Gasteiger partial charge in [-0.15, -0.1) is 0 Å². The summed E-state index contributed by atoms with van der Waals surface area (Å²) >= 11 is 0. The Hall–Kier alpha value is -3.90. The maximum absolute atomic E-state index is 17.0. The Labute approximate surface area is 258 Å². The van der Waals surface area contributed by atoms with Crippen LogP contribution >= 0.6 is 0 Å². The number of nitrogens with one attached hydrogen (secondary N) is 1. The molecule has 3 N–H and O–H groups in total. The Kier molecular flexibility index (Phi) is 6.72. The van der Waals surface area contributed by atoms with E-state index in [0.29, 0.717) is 64.8 Å². The predicted molar refractivity (Wildman–Crippen MR) is 167 cm³/mol. The quantitative estimate of drug-likeness (QED) is 0.292. The third kappa shape index (κ3) is 4.63. The number of aryl methyl sites for hydroxylation is 1. The number of ether oxygens (including phenoxy) is 2. The van der Waals surface area contributed by atoms with Gasteiger partial charge in [0.05, 0.1) is 12.6 Å². The van der Waals surface area contributed by atoms with Crippen LogP contribution in [-0.4, -0.2) is 83.5 Å². The first-order valence-corrected chi connectivity index (χ1v) is 15.7. The van der Waals surface area contributed by atoms with Gasteiger partial charge in [0.2, 0.25) is 5.88 Å². The van der Waals surface area contributed by atoms with Crippen LogP contribution in [0.4, 0.5) is 24.7 Å². The predicted octanol–water partition coefficient (Wildman–Crippen LogP) is 4.92. The first kappa shape index (κ1) is 28.6. The number of hydrogen-bond acceptors (Lipinski definition) is 9. The van der Waals surface area contributed by atoms with Crippen LogP contribution < -0.4 is 25.4 Å². The molecule has 236 valence electrons. The number of benzene rings is 2. The highest BCUT2D eigenvalue weighted by atomic mass is 19.1. The molecule has 8 rings (SSSR count). The molecule has 4 aliphatic rings. The highest BCUT2D eigenvalue weighted by Crippen LogP contribution is 2.43. The number of halogens is 3. The zero-order valence-corrected chi connectivity index (χ0v) is 25.4. The standard InChI is InChI=1S/C33H36F3N7O2/c1-17-24(35)7-4-18-10-20(37)11-23(25(17)18)28-27(36)29-26(31(39-28)44-2)30(42-14-21-5-6-22(15-42)38-21)41-32(40-29)45-16-33-8-3-9-43(33)13-19(34)12-33/h4,7,10-11,19,21-22,38H,3,5-6,8-9,12-16,37H2,1-2H3/t19-,21?,22?,33+/m1/s1. The fourth-order valence-corrected chi connectivity index (χ4v) is 8.17. The molecule has 2 bridgehead atoms. The van der Waals surface area contributed by atoms with Crippen molar-refractivity contribution in [1.82, 2.24) is 25.2 Å². The van der Waals surface area contributed by atoms with E-state index in [1.54, 1.807) is 25.1 Å². The molecule has 0 spiro atoms. The Morgan fingerprint density at radius 2 is 1.87 bits per heavy atom. The number of nitrogens with two attached hydrogens (primary N) is 1. The van der Waals surface area contributed by atoms with Gasteiger partial charge in [0.1, 0.15) is 41.0 Å². The topological polar surface area (TPSA) is 102 Å². The van der Waals surface area contributed by atoms with Crippen molar-refractivity contribution in [3.63, 3.8) is 0 Å². The summed E-state index contributed by atoms with van der Waals surface area (Å²) in [5.74, 6) is -0.495. The lowest BCUT2D eigenvalue weighted by molar-refractivity contribution is 0.107. The third-order valence-electron chi connectivity index (χ3n) is 10.2. The number of alkyl halides is 1. The van der Waals surface area contributed by atoms with Crippen molar-refractivity contribution in [2.24, 2.45) is 0 Å². The third-order valence-corrected chi connectivity index (χ3v) is 10.2. The number of nitrogen functional groups attached to an aromatic ring is 1. The molecule has 0 aliphatic carbocycles. The highest BCUT2D eigenvalue weighted by molar-refractivity contribution is 6.03. The van der Waals surface area contributed by atoms with Gasteiger partial charge in [0, 0.05) is 49.4 Å². The van der Waals surface area contributed by atoms with E-state index in [9.17, 15) is 8.78 Å². The van der Waals surface area contributed by atoms with E-state index in [1.807, 2.05) is 0 Å². The monoisotopic (exact) mass is 619 g/mol. The van der Waals surface area contributed by atoms with E-state index in [2.05, 4.69) is 25.1 Å². The van der Waals surface area contributed by atoms with Crippen LogP contribution in [0.2, 0.25) is 0 Å². The lowest BCUT2D eigenvalue weighted by Crippen LogP contribution is -2.51. The van der Waals surface area contributed by atoms with Crippen molar-refractivity contribution in [2.75, 3.05) is 50.5 Å². The van der Waals surface area contributed by atoms with Crippen molar-refractivity contribution >= 4 is 33.2 Å². The van der Waals surface area contributed by atoms with Crippen LogP contribution in [0, 0.1) is 18.6 Å². The van der Waals surface area contributed by atoms with Crippen LogP contribution in [0.5, 0.6) is 11.9 Å². The minimum absolute atomic E-state index is 0.0112. The molecule has 2 unspecified atom stereocenters. The Morgan fingerprint density at radius 1 is 1.07 bits per heavy atom. The second-order valence-corrected chi connectivity index (χ2v) is 13.1.